The first-order chi connectivity index (χ1) is 9.60. The van der Waals surface area contributed by atoms with Crippen molar-refractivity contribution in [2.24, 2.45) is 0 Å². The lowest BCUT2D eigenvalue weighted by Gasteiger charge is -2.06. The van der Waals surface area contributed by atoms with Crippen molar-refractivity contribution in [3.63, 3.8) is 0 Å². The molecule has 2 N–H and O–H groups in total. The molecule has 8 heteroatoms. The number of aryl methyl sites for hydroxylation is 1. The fourth-order valence-corrected chi connectivity index (χ4v) is 1.79. The third kappa shape index (κ3) is 3.22. The summed E-state index contributed by atoms with van der Waals surface area (Å²) in [4.78, 5) is 22.5. The Morgan fingerprint density at radius 3 is 2.95 bits per heavy atom. The van der Waals surface area contributed by atoms with E-state index in [2.05, 4.69) is 15.6 Å². The van der Waals surface area contributed by atoms with Gasteiger partial charge in [0.25, 0.3) is 5.91 Å². The van der Waals surface area contributed by atoms with Crippen LogP contribution in [0, 0.1) is 0 Å². The lowest BCUT2D eigenvalue weighted by atomic mass is 10.3. The zero-order valence-corrected chi connectivity index (χ0v) is 11.0. The molecular formula is C12H15N5O3. The molecule has 0 aliphatic rings. The minimum atomic E-state index is -0.994. The van der Waals surface area contributed by atoms with Crippen molar-refractivity contribution in [1.29, 1.82) is 0 Å². The van der Waals surface area contributed by atoms with E-state index in [1.807, 2.05) is 23.8 Å². The van der Waals surface area contributed by atoms with Gasteiger partial charge in [-0.3, -0.25) is 9.59 Å². The third-order valence-electron chi connectivity index (χ3n) is 2.72. The summed E-state index contributed by atoms with van der Waals surface area (Å²) < 4.78 is 3.04. The predicted molar refractivity (Wildman–Crippen MR) is 68.9 cm³/mol. The molecule has 0 fully saturated rings. The average Bonchev–Trinajstić information content (AvgIpc) is 3.03. The fourth-order valence-electron chi connectivity index (χ4n) is 1.79. The maximum Gasteiger partial charge on any atom is 0.325 e. The van der Waals surface area contributed by atoms with Gasteiger partial charge in [0, 0.05) is 12.7 Å². The van der Waals surface area contributed by atoms with Gasteiger partial charge in [0.05, 0.1) is 12.7 Å². The molecule has 0 radical (unpaired) electrons. The quantitative estimate of drug-likeness (QED) is 0.780. The van der Waals surface area contributed by atoms with E-state index in [1.165, 1.54) is 10.9 Å². The molecule has 0 bridgehead atoms. The van der Waals surface area contributed by atoms with Gasteiger partial charge in [-0.2, -0.15) is 0 Å². The van der Waals surface area contributed by atoms with Gasteiger partial charge in [-0.1, -0.05) is 5.21 Å². The fraction of sp³-hybridized carbons (Fsp3) is 0.333. The summed E-state index contributed by atoms with van der Waals surface area (Å²) in [5, 5.41) is 18.8. The Morgan fingerprint density at radius 2 is 2.25 bits per heavy atom. The number of aliphatic carboxylic acids is 1. The zero-order valence-electron chi connectivity index (χ0n) is 11.0. The third-order valence-corrected chi connectivity index (χ3v) is 2.72. The van der Waals surface area contributed by atoms with Crippen LogP contribution in [-0.2, 0) is 24.4 Å². The minimum Gasteiger partial charge on any atom is -0.480 e. The number of amides is 1. The van der Waals surface area contributed by atoms with Gasteiger partial charge in [0.15, 0.2) is 0 Å². The summed E-state index contributed by atoms with van der Waals surface area (Å²) in [5.74, 6) is -1.20. The van der Waals surface area contributed by atoms with Gasteiger partial charge in [-0.15, -0.1) is 5.10 Å². The highest BCUT2D eigenvalue weighted by molar-refractivity contribution is 5.92. The summed E-state index contributed by atoms with van der Waals surface area (Å²) in [5.41, 5.74) is 1.08. The first kappa shape index (κ1) is 13.8. The van der Waals surface area contributed by atoms with Crippen LogP contribution in [0.3, 0.4) is 0 Å². The highest BCUT2D eigenvalue weighted by atomic mass is 16.4. The Kier molecular flexibility index (Phi) is 4.14. The molecule has 0 atom stereocenters. The number of hydrogen-bond donors (Lipinski definition) is 2. The first-order valence-electron chi connectivity index (χ1n) is 6.14. The molecule has 0 unspecified atom stereocenters. The number of carboxylic acids is 1. The lowest BCUT2D eigenvalue weighted by Crippen LogP contribution is -2.25. The van der Waals surface area contributed by atoms with Gasteiger partial charge in [-0.05, 0) is 19.1 Å². The van der Waals surface area contributed by atoms with Gasteiger partial charge in [0.2, 0.25) is 0 Å². The molecule has 0 aromatic carbocycles. The lowest BCUT2D eigenvalue weighted by molar-refractivity contribution is -0.137. The topological polar surface area (TPSA) is 102 Å². The molecule has 20 heavy (non-hydrogen) atoms. The Morgan fingerprint density at radius 1 is 1.45 bits per heavy atom. The van der Waals surface area contributed by atoms with Crippen LogP contribution in [0.15, 0.2) is 24.5 Å². The number of nitrogens with zero attached hydrogens (tertiary/aromatic N) is 4. The zero-order chi connectivity index (χ0) is 14.5. The Bertz CT molecular complexity index is 616. The van der Waals surface area contributed by atoms with E-state index in [-0.39, 0.29) is 19.0 Å². The number of carbonyl (C=O) groups is 2. The Hall–Kier alpha value is -2.64. The number of nitrogens with one attached hydrogen (secondary N) is 1. The molecule has 0 saturated heterocycles. The van der Waals surface area contributed by atoms with E-state index in [4.69, 9.17) is 5.11 Å². The van der Waals surface area contributed by atoms with E-state index in [0.717, 1.165) is 0 Å². The van der Waals surface area contributed by atoms with Crippen LogP contribution in [0.4, 0.5) is 0 Å². The molecule has 2 heterocycles. The molecule has 1 amide bonds. The molecule has 0 saturated carbocycles. The van der Waals surface area contributed by atoms with Gasteiger partial charge < -0.3 is 15.0 Å². The van der Waals surface area contributed by atoms with Crippen LogP contribution in [0.5, 0.6) is 0 Å². The monoisotopic (exact) mass is 277 g/mol. The molecule has 2 aromatic rings. The molecule has 2 aromatic heterocycles. The summed E-state index contributed by atoms with van der Waals surface area (Å²) in [6.45, 7) is 2.62. The van der Waals surface area contributed by atoms with Crippen LogP contribution >= 0.6 is 0 Å². The second kappa shape index (κ2) is 6.00. The van der Waals surface area contributed by atoms with Crippen LogP contribution in [0.25, 0.3) is 0 Å². The van der Waals surface area contributed by atoms with E-state index >= 15 is 0 Å². The summed E-state index contributed by atoms with van der Waals surface area (Å²) >= 11 is 0. The maximum absolute atomic E-state index is 12.0. The smallest absolute Gasteiger partial charge is 0.325 e. The molecule has 106 valence electrons. The summed E-state index contributed by atoms with van der Waals surface area (Å²) in [6, 6.07) is 3.54. The molecule has 0 aliphatic heterocycles. The molecule has 2 rings (SSSR count). The van der Waals surface area contributed by atoms with Crippen LogP contribution in [-0.4, -0.2) is 36.5 Å². The number of rotatable bonds is 6. The second-order valence-electron chi connectivity index (χ2n) is 4.16. The van der Waals surface area contributed by atoms with E-state index in [9.17, 15) is 9.59 Å². The van der Waals surface area contributed by atoms with Crippen molar-refractivity contribution in [3.8, 4) is 0 Å². The number of carbonyl (C=O) groups excluding carboxylic acids is 1. The van der Waals surface area contributed by atoms with Gasteiger partial charge in [0.1, 0.15) is 17.9 Å². The minimum absolute atomic E-state index is 0.202. The molecule has 8 nitrogen and oxygen atoms in total. The Balaban J connectivity index is 1.93. The highest BCUT2D eigenvalue weighted by Crippen LogP contribution is 2.02. The van der Waals surface area contributed by atoms with Gasteiger partial charge in [-0.25, -0.2) is 4.68 Å². The molecule has 0 aliphatic carbocycles. The van der Waals surface area contributed by atoms with Crippen molar-refractivity contribution in [1.82, 2.24) is 24.9 Å². The standard InChI is InChI=1S/C12H15N5O3/c1-2-16-5-3-4-10(16)12(20)13-6-9-7-17(15-14-9)8-11(18)19/h3-5,7H,2,6,8H2,1H3,(H,13,20)(H,18,19). The van der Waals surface area contributed by atoms with Crippen molar-refractivity contribution in [2.75, 3.05) is 0 Å². The first-order valence-corrected chi connectivity index (χ1v) is 6.14. The molecular weight excluding hydrogens is 262 g/mol. The van der Waals surface area contributed by atoms with Crippen LogP contribution in [0.2, 0.25) is 0 Å². The number of hydrogen-bond acceptors (Lipinski definition) is 4. The molecule has 0 spiro atoms. The average molecular weight is 277 g/mol. The van der Waals surface area contributed by atoms with Crippen molar-refractivity contribution >= 4 is 11.9 Å². The maximum atomic E-state index is 12.0. The summed E-state index contributed by atoms with van der Waals surface area (Å²) in [6.07, 6.45) is 3.32. The van der Waals surface area contributed by atoms with E-state index in [1.54, 1.807) is 6.07 Å². The van der Waals surface area contributed by atoms with Crippen molar-refractivity contribution < 1.29 is 14.7 Å². The number of carboxylic acid groups (broad SMARTS) is 1. The largest absolute Gasteiger partial charge is 0.480 e. The van der Waals surface area contributed by atoms with E-state index < -0.39 is 5.97 Å². The predicted octanol–water partition coefficient (Wildman–Crippen LogP) is 0.114. The van der Waals surface area contributed by atoms with Crippen molar-refractivity contribution in [3.05, 3.63) is 35.9 Å². The normalized spacial score (nSPS) is 10.4. The highest BCUT2D eigenvalue weighted by Gasteiger charge is 2.10. The van der Waals surface area contributed by atoms with Crippen LogP contribution < -0.4 is 5.32 Å². The number of aromatic nitrogens is 4. The SMILES string of the molecule is CCn1cccc1C(=O)NCc1cn(CC(=O)O)nn1. The van der Waals surface area contributed by atoms with Gasteiger partial charge >= 0.3 is 5.97 Å². The van der Waals surface area contributed by atoms with Crippen LogP contribution in [0.1, 0.15) is 23.1 Å². The summed E-state index contributed by atoms with van der Waals surface area (Å²) in [7, 11) is 0. The van der Waals surface area contributed by atoms with Crippen molar-refractivity contribution in [2.45, 2.75) is 26.6 Å². The Labute approximate surface area is 115 Å². The van der Waals surface area contributed by atoms with E-state index in [0.29, 0.717) is 17.9 Å². The second-order valence-corrected chi connectivity index (χ2v) is 4.16.